The normalized spacial score (nSPS) is 13.5. The number of alkyl halides is 3. The summed E-state index contributed by atoms with van der Waals surface area (Å²) in [4.78, 5) is 10.8. The van der Waals surface area contributed by atoms with Gasteiger partial charge in [-0.1, -0.05) is 23.7 Å². The molecular weight excluding hydrogens is 257 g/mol. The summed E-state index contributed by atoms with van der Waals surface area (Å²) in [6.07, 6.45) is -5.90. The fourth-order valence-corrected chi connectivity index (χ4v) is 1.58. The van der Waals surface area contributed by atoms with Crippen molar-refractivity contribution in [2.75, 3.05) is 0 Å². The van der Waals surface area contributed by atoms with Gasteiger partial charge in [0.2, 0.25) is 0 Å². The van der Waals surface area contributed by atoms with Crippen molar-refractivity contribution in [3.05, 3.63) is 34.3 Å². The first-order valence-electron chi connectivity index (χ1n) is 4.76. The van der Waals surface area contributed by atoms with Gasteiger partial charge in [0.1, 0.15) is 0 Å². The van der Waals surface area contributed by atoms with Gasteiger partial charge in [-0.25, -0.2) is 0 Å². The molecular formula is C11H10ClF3O2. The highest BCUT2D eigenvalue weighted by Gasteiger charge is 2.36. The van der Waals surface area contributed by atoms with Crippen LogP contribution >= 0.6 is 11.6 Å². The molecule has 0 spiro atoms. The number of aryl methyl sites for hydroxylation is 1. The van der Waals surface area contributed by atoms with Gasteiger partial charge in [-0.2, -0.15) is 13.2 Å². The van der Waals surface area contributed by atoms with Crippen LogP contribution in [0.4, 0.5) is 13.2 Å². The Morgan fingerprint density at radius 2 is 2.06 bits per heavy atom. The quantitative estimate of drug-likeness (QED) is 0.904. The average Bonchev–Trinajstić information content (AvgIpc) is 2.17. The number of hydrogen-bond acceptors (Lipinski definition) is 1. The molecule has 0 aliphatic rings. The van der Waals surface area contributed by atoms with Gasteiger partial charge >= 0.3 is 12.1 Å². The summed E-state index contributed by atoms with van der Waals surface area (Å²) in [5.41, 5.74) is 0.661. The first-order valence-corrected chi connectivity index (χ1v) is 5.14. The number of carboxylic acid groups (broad SMARTS) is 1. The van der Waals surface area contributed by atoms with Crippen LogP contribution in [0.1, 0.15) is 23.5 Å². The van der Waals surface area contributed by atoms with Crippen molar-refractivity contribution < 1.29 is 23.1 Å². The number of rotatable bonds is 3. The summed E-state index contributed by atoms with van der Waals surface area (Å²) >= 11 is 5.73. The van der Waals surface area contributed by atoms with Gasteiger partial charge in [0, 0.05) is 5.02 Å². The lowest BCUT2D eigenvalue weighted by atomic mass is 9.94. The van der Waals surface area contributed by atoms with Crippen LogP contribution in [0.25, 0.3) is 0 Å². The van der Waals surface area contributed by atoms with Crippen molar-refractivity contribution in [1.29, 1.82) is 0 Å². The third-order valence-corrected chi connectivity index (χ3v) is 2.74. The van der Waals surface area contributed by atoms with E-state index in [1.807, 2.05) is 0 Å². The Labute approximate surface area is 101 Å². The summed E-state index contributed by atoms with van der Waals surface area (Å²) in [5.74, 6) is -3.09. The largest absolute Gasteiger partial charge is 0.481 e. The second-order valence-electron chi connectivity index (χ2n) is 3.72. The topological polar surface area (TPSA) is 37.3 Å². The van der Waals surface area contributed by atoms with Crippen LogP contribution in [0.2, 0.25) is 5.02 Å². The van der Waals surface area contributed by atoms with Crippen LogP contribution in [0.3, 0.4) is 0 Å². The third kappa shape index (κ3) is 3.93. The molecule has 0 bridgehead atoms. The first-order chi connectivity index (χ1) is 7.70. The van der Waals surface area contributed by atoms with Crippen LogP contribution in [0.5, 0.6) is 0 Å². The fraction of sp³-hybridized carbons (Fsp3) is 0.364. The van der Waals surface area contributed by atoms with E-state index in [0.29, 0.717) is 10.6 Å². The Morgan fingerprint density at radius 1 is 1.47 bits per heavy atom. The van der Waals surface area contributed by atoms with Crippen molar-refractivity contribution in [2.45, 2.75) is 25.4 Å². The Bertz CT molecular complexity index is 429. The standard InChI is InChI=1S/C11H10ClF3O2/c1-6-4-7(2-3-9(6)12)8(10(16)17)5-11(13,14)15/h2-4,8H,5H2,1H3,(H,16,17). The third-order valence-electron chi connectivity index (χ3n) is 2.32. The van der Waals surface area contributed by atoms with Crippen molar-refractivity contribution in [2.24, 2.45) is 0 Å². The van der Waals surface area contributed by atoms with Crippen LogP contribution < -0.4 is 0 Å². The number of aliphatic carboxylic acids is 1. The zero-order valence-electron chi connectivity index (χ0n) is 8.88. The molecule has 0 radical (unpaired) electrons. The molecule has 0 aliphatic carbocycles. The molecule has 0 fully saturated rings. The molecule has 1 aromatic carbocycles. The molecule has 0 amide bonds. The van der Waals surface area contributed by atoms with Crippen molar-refractivity contribution in [1.82, 2.24) is 0 Å². The fourth-order valence-electron chi connectivity index (χ4n) is 1.46. The van der Waals surface area contributed by atoms with Crippen LogP contribution in [0.15, 0.2) is 18.2 Å². The lowest BCUT2D eigenvalue weighted by Gasteiger charge is -2.15. The van der Waals surface area contributed by atoms with Crippen molar-refractivity contribution in [3.8, 4) is 0 Å². The maximum atomic E-state index is 12.2. The van der Waals surface area contributed by atoms with E-state index in [9.17, 15) is 18.0 Å². The maximum absolute atomic E-state index is 12.2. The minimum atomic E-state index is -4.52. The van der Waals surface area contributed by atoms with Crippen LogP contribution in [-0.4, -0.2) is 17.3 Å². The molecule has 1 N–H and O–H groups in total. The minimum absolute atomic E-state index is 0.108. The van der Waals surface area contributed by atoms with E-state index >= 15 is 0 Å². The van der Waals surface area contributed by atoms with E-state index < -0.39 is 24.5 Å². The smallest absolute Gasteiger partial charge is 0.390 e. The van der Waals surface area contributed by atoms with E-state index in [0.717, 1.165) is 0 Å². The molecule has 0 saturated heterocycles. The van der Waals surface area contributed by atoms with Crippen molar-refractivity contribution in [3.63, 3.8) is 0 Å². The van der Waals surface area contributed by atoms with Gasteiger partial charge in [-0.15, -0.1) is 0 Å². The van der Waals surface area contributed by atoms with Gasteiger partial charge < -0.3 is 5.11 Å². The molecule has 1 unspecified atom stereocenters. The van der Waals surface area contributed by atoms with Gasteiger partial charge in [0.15, 0.2) is 0 Å². The number of benzene rings is 1. The maximum Gasteiger partial charge on any atom is 0.390 e. The highest BCUT2D eigenvalue weighted by atomic mass is 35.5. The van der Waals surface area contributed by atoms with Gasteiger partial charge in [-0.05, 0) is 24.1 Å². The predicted octanol–water partition coefficient (Wildman–Crippen LogP) is 3.77. The summed E-state index contributed by atoms with van der Waals surface area (Å²) in [6.45, 7) is 1.61. The molecule has 1 rings (SSSR count). The highest BCUT2D eigenvalue weighted by molar-refractivity contribution is 6.31. The Balaban J connectivity index is 3.06. The van der Waals surface area contributed by atoms with E-state index in [4.69, 9.17) is 16.7 Å². The molecule has 1 aromatic rings. The second kappa shape index (κ2) is 4.96. The number of halogens is 4. The Morgan fingerprint density at radius 3 is 2.47 bits per heavy atom. The highest BCUT2D eigenvalue weighted by Crippen LogP contribution is 2.32. The zero-order valence-corrected chi connectivity index (χ0v) is 9.64. The van der Waals surface area contributed by atoms with Crippen molar-refractivity contribution >= 4 is 17.6 Å². The summed E-state index contributed by atoms with van der Waals surface area (Å²) in [7, 11) is 0. The molecule has 0 aromatic heterocycles. The Kier molecular flexibility index (Phi) is 4.03. The summed E-state index contributed by atoms with van der Waals surface area (Å²) < 4.78 is 36.7. The molecule has 17 heavy (non-hydrogen) atoms. The number of carbonyl (C=O) groups is 1. The number of hydrogen-bond donors (Lipinski definition) is 1. The van der Waals surface area contributed by atoms with Gasteiger partial charge in [-0.3, -0.25) is 4.79 Å². The predicted molar refractivity (Wildman–Crippen MR) is 57.2 cm³/mol. The minimum Gasteiger partial charge on any atom is -0.481 e. The first kappa shape index (κ1) is 13.8. The second-order valence-corrected chi connectivity index (χ2v) is 4.13. The monoisotopic (exact) mass is 266 g/mol. The van der Waals surface area contributed by atoms with Gasteiger partial charge in [0.25, 0.3) is 0 Å². The molecule has 0 aliphatic heterocycles. The van der Waals surface area contributed by atoms with Gasteiger partial charge in [0.05, 0.1) is 12.3 Å². The summed E-state index contributed by atoms with van der Waals surface area (Å²) in [6, 6.07) is 4.07. The molecule has 2 nitrogen and oxygen atoms in total. The Hall–Kier alpha value is -1.23. The van der Waals surface area contributed by atoms with E-state index in [2.05, 4.69) is 0 Å². The SMILES string of the molecule is Cc1cc(C(CC(F)(F)F)C(=O)O)ccc1Cl. The molecule has 0 heterocycles. The van der Waals surface area contributed by atoms with E-state index in [-0.39, 0.29) is 5.56 Å². The molecule has 94 valence electrons. The summed E-state index contributed by atoms with van der Waals surface area (Å²) in [5, 5.41) is 9.21. The average molecular weight is 267 g/mol. The number of carboxylic acids is 1. The zero-order chi connectivity index (χ0) is 13.2. The lowest BCUT2D eigenvalue weighted by molar-refractivity contribution is -0.157. The van der Waals surface area contributed by atoms with E-state index in [1.165, 1.54) is 18.2 Å². The van der Waals surface area contributed by atoms with Crippen LogP contribution in [0, 0.1) is 6.92 Å². The molecule has 1 atom stereocenters. The lowest BCUT2D eigenvalue weighted by Crippen LogP contribution is -2.20. The van der Waals surface area contributed by atoms with Crippen LogP contribution in [-0.2, 0) is 4.79 Å². The molecule has 6 heteroatoms. The molecule has 0 saturated carbocycles. The van der Waals surface area contributed by atoms with E-state index in [1.54, 1.807) is 6.92 Å².